The molecule has 18 heavy (non-hydrogen) atoms. The van der Waals surface area contributed by atoms with Gasteiger partial charge in [0.25, 0.3) is 0 Å². The number of para-hydroxylation sites is 1. The first-order valence-electron chi connectivity index (χ1n) is 5.88. The lowest BCUT2D eigenvalue weighted by Gasteiger charge is -2.17. The van der Waals surface area contributed by atoms with Crippen molar-refractivity contribution in [3.63, 3.8) is 0 Å². The van der Waals surface area contributed by atoms with Crippen molar-refractivity contribution in [2.45, 2.75) is 0 Å². The fourth-order valence-electron chi connectivity index (χ4n) is 1.73. The highest BCUT2D eigenvalue weighted by Gasteiger charge is 2.14. The number of rotatable bonds is 4. The van der Waals surface area contributed by atoms with Gasteiger partial charge in [-0.15, -0.1) is 0 Å². The first kappa shape index (κ1) is 13.0. The average molecular weight is 280 g/mol. The van der Waals surface area contributed by atoms with Crippen LogP contribution in [-0.2, 0) is 0 Å². The third-order valence-corrected chi connectivity index (χ3v) is 3.29. The molecule has 1 aliphatic rings. The van der Waals surface area contributed by atoms with Crippen LogP contribution in [0.1, 0.15) is 0 Å². The molecule has 1 aromatic rings. The Bertz CT molecular complexity index is 421. The van der Waals surface area contributed by atoms with E-state index in [1.807, 2.05) is 30.3 Å². The van der Waals surface area contributed by atoms with Crippen molar-refractivity contribution < 1.29 is 0 Å². The Morgan fingerprint density at radius 1 is 1.33 bits per heavy atom. The second-order valence-electron chi connectivity index (χ2n) is 3.97. The first-order chi connectivity index (χ1) is 8.75. The number of hydrogen-bond donors (Lipinski definition) is 3. The van der Waals surface area contributed by atoms with Crippen LogP contribution in [0.4, 0.5) is 5.69 Å². The van der Waals surface area contributed by atoms with E-state index in [-0.39, 0.29) is 0 Å². The van der Waals surface area contributed by atoms with Crippen LogP contribution in [0.2, 0.25) is 0 Å². The lowest BCUT2D eigenvalue weighted by Crippen LogP contribution is -2.38. The van der Waals surface area contributed by atoms with E-state index in [1.165, 1.54) is 0 Å². The SMILES string of the molecule is S=C(NCCN1CCNC1=S)Nc1ccccc1. The minimum Gasteiger partial charge on any atom is -0.361 e. The predicted molar refractivity (Wildman–Crippen MR) is 82.8 cm³/mol. The van der Waals surface area contributed by atoms with Gasteiger partial charge in [0.15, 0.2) is 10.2 Å². The molecule has 1 heterocycles. The number of benzene rings is 1. The Labute approximate surface area is 118 Å². The smallest absolute Gasteiger partial charge is 0.170 e. The molecule has 6 heteroatoms. The van der Waals surface area contributed by atoms with Crippen LogP contribution in [0.5, 0.6) is 0 Å². The predicted octanol–water partition coefficient (Wildman–Crippen LogP) is 1.16. The molecule has 0 aromatic heterocycles. The van der Waals surface area contributed by atoms with Gasteiger partial charge in [0.2, 0.25) is 0 Å². The van der Waals surface area contributed by atoms with Gasteiger partial charge in [0.05, 0.1) is 0 Å². The van der Waals surface area contributed by atoms with E-state index < -0.39 is 0 Å². The zero-order valence-electron chi connectivity index (χ0n) is 9.98. The molecule has 3 N–H and O–H groups in total. The van der Waals surface area contributed by atoms with E-state index in [9.17, 15) is 0 Å². The molecule has 4 nitrogen and oxygen atoms in total. The summed E-state index contributed by atoms with van der Waals surface area (Å²) in [6, 6.07) is 9.88. The van der Waals surface area contributed by atoms with Gasteiger partial charge < -0.3 is 20.9 Å². The molecule has 0 amide bonds. The lowest BCUT2D eigenvalue weighted by molar-refractivity contribution is 0.470. The maximum Gasteiger partial charge on any atom is 0.170 e. The maximum absolute atomic E-state index is 5.22. The standard InChI is InChI=1S/C12H16N4S2/c17-11(15-10-4-2-1-3-5-10)13-6-8-16-9-7-14-12(16)18/h1-5H,6-9H2,(H,14,18)(H2,13,15,17). The summed E-state index contributed by atoms with van der Waals surface area (Å²) in [7, 11) is 0. The minimum absolute atomic E-state index is 0.638. The molecule has 1 aliphatic heterocycles. The van der Waals surface area contributed by atoms with Crippen LogP contribution in [0.3, 0.4) is 0 Å². The number of nitrogens with zero attached hydrogens (tertiary/aromatic N) is 1. The fraction of sp³-hybridized carbons (Fsp3) is 0.333. The molecule has 1 saturated heterocycles. The van der Waals surface area contributed by atoms with Crippen LogP contribution in [0.25, 0.3) is 0 Å². The van der Waals surface area contributed by atoms with Crippen molar-refractivity contribution in [3.8, 4) is 0 Å². The zero-order valence-corrected chi connectivity index (χ0v) is 11.6. The topological polar surface area (TPSA) is 39.3 Å². The van der Waals surface area contributed by atoms with Crippen molar-refractivity contribution in [3.05, 3.63) is 30.3 Å². The summed E-state index contributed by atoms with van der Waals surface area (Å²) in [5.74, 6) is 0. The van der Waals surface area contributed by atoms with E-state index in [0.29, 0.717) is 5.11 Å². The van der Waals surface area contributed by atoms with Gasteiger partial charge in [-0.2, -0.15) is 0 Å². The molecule has 1 aromatic carbocycles. The Hall–Kier alpha value is -1.40. The summed E-state index contributed by atoms with van der Waals surface area (Å²) in [5.41, 5.74) is 0.994. The van der Waals surface area contributed by atoms with E-state index in [0.717, 1.165) is 37.0 Å². The summed E-state index contributed by atoms with van der Waals surface area (Å²) >= 11 is 10.4. The van der Waals surface area contributed by atoms with Gasteiger partial charge >= 0.3 is 0 Å². The molecule has 0 spiro atoms. The maximum atomic E-state index is 5.22. The third kappa shape index (κ3) is 3.82. The normalized spacial score (nSPS) is 14.2. The van der Waals surface area contributed by atoms with Crippen LogP contribution < -0.4 is 16.0 Å². The number of nitrogens with one attached hydrogen (secondary N) is 3. The van der Waals surface area contributed by atoms with Gasteiger partial charge in [-0.1, -0.05) is 18.2 Å². The molecule has 1 fully saturated rings. The third-order valence-electron chi connectivity index (χ3n) is 2.64. The Kier molecular flexibility index (Phi) is 4.72. The molecule has 0 aliphatic carbocycles. The molecule has 0 unspecified atom stereocenters. The number of thiocarbonyl (C=S) groups is 2. The van der Waals surface area contributed by atoms with E-state index in [1.54, 1.807) is 0 Å². The molecular weight excluding hydrogens is 264 g/mol. The summed E-state index contributed by atoms with van der Waals surface area (Å²) in [4.78, 5) is 2.13. The lowest BCUT2D eigenvalue weighted by atomic mass is 10.3. The number of anilines is 1. The molecular formula is C12H16N4S2. The molecule has 0 bridgehead atoms. The summed E-state index contributed by atoms with van der Waals surface area (Å²) in [6.45, 7) is 3.55. The molecule has 96 valence electrons. The Balaban J connectivity index is 1.67. The van der Waals surface area contributed by atoms with Gasteiger partial charge in [0.1, 0.15) is 0 Å². The van der Waals surface area contributed by atoms with Crippen molar-refractivity contribution in [2.75, 3.05) is 31.5 Å². The molecule has 2 rings (SSSR count). The summed E-state index contributed by atoms with van der Waals surface area (Å²) in [6.07, 6.45) is 0. The Morgan fingerprint density at radius 3 is 2.78 bits per heavy atom. The highest BCUT2D eigenvalue weighted by molar-refractivity contribution is 7.80. The van der Waals surface area contributed by atoms with Crippen molar-refractivity contribution in [2.24, 2.45) is 0 Å². The van der Waals surface area contributed by atoms with E-state index in [2.05, 4.69) is 20.9 Å². The van der Waals surface area contributed by atoms with Crippen LogP contribution in [0, 0.1) is 0 Å². The fourth-order valence-corrected chi connectivity index (χ4v) is 2.23. The van der Waals surface area contributed by atoms with Gasteiger partial charge in [-0.3, -0.25) is 0 Å². The average Bonchev–Trinajstić information content (AvgIpc) is 2.76. The monoisotopic (exact) mass is 280 g/mol. The first-order valence-corrected chi connectivity index (χ1v) is 6.70. The molecule has 0 saturated carbocycles. The van der Waals surface area contributed by atoms with Gasteiger partial charge in [-0.25, -0.2) is 0 Å². The van der Waals surface area contributed by atoms with Crippen LogP contribution >= 0.6 is 24.4 Å². The van der Waals surface area contributed by atoms with Crippen LogP contribution in [-0.4, -0.2) is 41.3 Å². The van der Waals surface area contributed by atoms with E-state index in [4.69, 9.17) is 24.4 Å². The van der Waals surface area contributed by atoms with Gasteiger partial charge in [0, 0.05) is 31.9 Å². The minimum atomic E-state index is 0.638. The van der Waals surface area contributed by atoms with Gasteiger partial charge in [-0.05, 0) is 36.6 Å². The zero-order chi connectivity index (χ0) is 12.8. The molecule has 0 radical (unpaired) electrons. The van der Waals surface area contributed by atoms with Crippen LogP contribution in [0.15, 0.2) is 30.3 Å². The Morgan fingerprint density at radius 2 is 2.11 bits per heavy atom. The number of hydrogen-bond acceptors (Lipinski definition) is 2. The van der Waals surface area contributed by atoms with Crippen molar-refractivity contribution >= 4 is 40.3 Å². The highest BCUT2D eigenvalue weighted by Crippen LogP contribution is 2.04. The van der Waals surface area contributed by atoms with Crippen molar-refractivity contribution in [1.82, 2.24) is 15.5 Å². The van der Waals surface area contributed by atoms with Crippen molar-refractivity contribution in [1.29, 1.82) is 0 Å². The summed E-state index contributed by atoms with van der Waals surface area (Å²) in [5, 5.41) is 10.9. The second-order valence-corrected chi connectivity index (χ2v) is 4.76. The van der Waals surface area contributed by atoms with E-state index >= 15 is 0 Å². The summed E-state index contributed by atoms with van der Waals surface area (Å²) < 4.78 is 0. The highest BCUT2D eigenvalue weighted by atomic mass is 32.1. The molecule has 0 atom stereocenters. The second kappa shape index (κ2) is 6.51. The quantitative estimate of drug-likeness (QED) is 0.719. The largest absolute Gasteiger partial charge is 0.361 e.